The van der Waals surface area contributed by atoms with Gasteiger partial charge in [-0.1, -0.05) is 6.07 Å². The number of benzene rings is 1. The van der Waals surface area contributed by atoms with Crippen molar-refractivity contribution < 1.29 is 9.15 Å². The van der Waals surface area contributed by atoms with Crippen LogP contribution in [0.15, 0.2) is 34.7 Å². The van der Waals surface area contributed by atoms with E-state index in [0.29, 0.717) is 11.3 Å². The van der Waals surface area contributed by atoms with E-state index >= 15 is 0 Å². The molecule has 5 heteroatoms. The number of aromatic amines is 1. The van der Waals surface area contributed by atoms with Crippen molar-refractivity contribution in [2.24, 2.45) is 0 Å². The third kappa shape index (κ3) is 2.74. The number of fused-ring (bicyclic) bond motifs is 1. The number of nitrogens with zero attached hydrogens (tertiary/aromatic N) is 1. The van der Waals surface area contributed by atoms with Crippen molar-refractivity contribution in [3.8, 4) is 5.75 Å². The van der Waals surface area contributed by atoms with E-state index in [1.807, 2.05) is 55.7 Å². The second-order valence-electron chi connectivity index (χ2n) is 5.35. The molecule has 0 radical (unpaired) electrons. The average molecular weight is 302 g/mol. The van der Waals surface area contributed by atoms with Crippen molar-refractivity contribution in [2.75, 3.05) is 0 Å². The van der Waals surface area contributed by atoms with Crippen molar-refractivity contribution in [2.45, 2.75) is 33.4 Å². The predicted molar refractivity (Wildman–Crippen MR) is 85.4 cm³/mol. The van der Waals surface area contributed by atoms with Gasteiger partial charge >= 0.3 is 0 Å². The minimum atomic E-state index is 0.119. The molecule has 2 aromatic heterocycles. The summed E-state index contributed by atoms with van der Waals surface area (Å²) in [7, 11) is 0. The first-order chi connectivity index (χ1) is 10.0. The van der Waals surface area contributed by atoms with E-state index < -0.39 is 0 Å². The summed E-state index contributed by atoms with van der Waals surface area (Å²) in [6.45, 7) is 6.57. The van der Waals surface area contributed by atoms with Crippen molar-refractivity contribution in [3.05, 3.63) is 46.6 Å². The summed E-state index contributed by atoms with van der Waals surface area (Å²) < 4.78 is 14.2. The molecule has 2 heterocycles. The Morgan fingerprint density at radius 3 is 2.76 bits per heavy atom. The summed E-state index contributed by atoms with van der Waals surface area (Å²) in [5, 5.41) is 0. The molecular weight excluding hydrogens is 284 g/mol. The molecule has 0 fully saturated rings. The van der Waals surface area contributed by atoms with E-state index in [9.17, 15) is 0 Å². The van der Waals surface area contributed by atoms with E-state index in [4.69, 9.17) is 21.4 Å². The molecule has 0 unspecified atom stereocenters. The van der Waals surface area contributed by atoms with Crippen molar-refractivity contribution in [3.63, 3.8) is 0 Å². The van der Waals surface area contributed by atoms with Gasteiger partial charge in [-0.3, -0.25) is 0 Å². The van der Waals surface area contributed by atoms with Crippen LogP contribution in [0.1, 0.15) is 25.4 Å². The molecule has 0 bridgehead atoms. The van der Waals surface area contributed by atoms with Gasteiger partial charge in [0, 0.05) is 0 Å². The molecule has 0 saturated heterocycles. The third-order valence-corrected chi connectivity index (χ3v) is 3.57. The number of ether oxygens (including phenoxy) is 1. The Kier molecular flexibility index (Phi) is 3.59. The number of H-pyrrole nitrogens is 1. The van der Waals surface area contributed by atoms with Crippen LogP contribution >= 0.6 is 12.2 Å². The number of aryl methyl sites for hydroxylation is 1. The zero-order chi connectivity index (χ0) is 15.0. The lowest BCUT2D eigenvalue weighted by Gasteiger charge is -2.10. The fraction of sp³-hybridized carbons (Fsp3) is 0.312. The highest BCUT2D eigenvalue weighted by Crippen LogP contribution is 2.26. The third-order valence-electron chi connectivity index (χ3n) is 3.24. The van der Waals surface area contributed by atoms with E-state index in [2.05, 4.69) is 4.98 Å². The first-order valence-electron chi connectivity index (χ1n) is 6.98. The van der Waals surface area contributed by atoms with Gasteiger partial charge in [-0.2, -0.15) is 0 Å². The number of rotatable bonds is 4. The lowest BCUT2D eigenvalue weighted by atomic mass is 10.3. The highest BCUT2D eigenvalue weighted by atomic mass is 32.1. The molecule has 0 aliphatic rings. The number of furan rings is 1. The Bertz CT molecular complexity index is 826. The van der Waals surface area contributed by atoms with Gasteiger partial charge in [-0.25, -0.2) is 0 Å². The first kappa shape index (κ1) is 13.9. The van der Waals surface area contributed by atoms with Gasteiger partial charge in [0.1, 0.15) is 22.8 Å². The maximum absolute atomic E-state index is 5.84. The second-order valence-corrected chi connectivity index (χ2v) is 5.73. The van der Waals surface area contributed by atoms with E-state index in [1.165, 1.54) is 0 Å². The lowest BCUT2D eigenvalue weighted by molar-refractivity contribution is 0.245. The zero-order valence-electron chi connectivity index (χ0n) is 12.3. The van der Waals surface area contributed by atoms with E-state index in [1.54, 1.807) is 0 Å². The molecule has 1 aromatic carbocycles. The van der Waals surface area contributed by atoms with Crippen molar-refractivity contribution >= 4 is 23.3 Å². The van der Waals surface area contributed by atoms with Gasteiger partial charge in [0.25, 0.3) is 0 Å². The van der Waals surface area contributed by atoms with Gasteiger partial charge in [-0.05, 0) is 57.3 Å². The fourth-order valence-electron chi connectivity index (χ4n) is 2.39. The molecule has 0 aliphatic heterocycles. The Labute approximate surface area is 128 Å². The van der Waals surface area contributed by atoms with Crippen LogP contribution in [0.4, 0.5) is 0 Å². The summed E-state index contributed by atoms with van der Waals surface area (Å²) >= 11 is 5.44. The van der Waals surface area contributed by atoms with Gasteiger partial charge in [0.2, 0.25) is 0 Å². The quantitative estimate of drug-likeness (QED) is 0.725. The Morgan fingerprint density at radius 1 is 1.29 bits per heavy atom. The largest absolute Gasteiger partial charge is 0.489 e. The molecule has 21 heavy (non-hydrogen) atoms. The SMILES string of the molecule is Cc1ccc(Cn2c(=S)[nH]c3c(OC(C)C)cccc32)o1. The van der Waals surface area contributed by atoms with Crippen LogP contribution in [0.2, 0.25) is 0 Å². The summed E-state index contributed by atoms with van der Waals surface area (Å²) in [4.78, 5) is 3.24. The fourth-order valence-corrected chi connectivity index (χ4v) is 2.65. The number of hydrogen-bond acceptors (Lipinski definition) is 3. The second kappa shape index (κ2) is 5.41. The molecule has 0 saturated carbocycles. The number of aromatic nitrogens is 2. The topological polar surface area (TPSA) is 43.1 Å². The molecule has 3 rings (SSSR count). The summed E-state index contributed by atoms with van der Waals surface area (Å²) in [5.74, 6) is 2.61. The monoisotopic (exact) mass is 302 g/mol. The van der Waals surface area contributed by atoms with Crippen molar-refractivity contribution in [1.29, 1.82) is 0 Å². The standard InChI is InChI=1S/C16H18N2O2S/c1-10(2)19-14-6-4-5-13-15(14)17-16(21)18(13)9-12-8-7-11(3)20-12/h4-8,10H,9H2,1-3H3,(H,17,21). The highest BCUT2D eigenvalue weighted by molar-refractivity contribution is 7.71. The van der Waals surface area contributed by atoms with Crippen LogP contribution < -0.4 is 4.74 Å². The van der Waals surface area contributed by atoms with Crippen LogP contribution in [0.25, 0.3) is 11.0 Å². The Balaban J connectivity index is 2.07. The summed E-state index contributed by atoms with van der Waals surface area (Å²) in [5.41, 5.74) is 1.95. The lowest BCUT2D eigenvalue weighted by Crippen LogP contribution is -2.05. The zero-order valence-corrected chi connectivity index (χ0v) is 13.2. The van der Waals surface area contributed by atoms with E-state index in [-0.39, 0.29) is 6.10 Å². The van der Waals surface area contributed by atoms with E-state index in [0.717, 1.165) is 28.3 Å². The van der Waals surface area contributed by atoms with Gasteiger partial charge in [-0.15, -0.1) is 0 Å². The number of nitrogens with one attached hydrogen (secondary N) is 1. The van der Waals surface area contributed by atoms with Crippen molar-refractivity contribution in [1.82, 2.24) is 9.55 Å². The van der Waals surface area contributed by atoms with Gasteiger partial charge < -0.3 is 18.7 Å². The first-order valence-corrected chi connectivity index (χ1v) is 7.39. The molecule has 1 N–H and O–H groups in total. The molecule has 4 nitrogen and oxygen atoms in total. The highest BCUT2D eigenvalue weighted by Gasteiger charge is 2.11. The average Bonchev–Trinajstić information content (AvgIpc) is 2.96. The van der Waals surface area contributed by atoms with Crippen LogP contribution in [-0.2, 0) is 6.54 Å². The van der Waals surface area contributed by atoms with Crippen LogP contribution in [-0.4, -0.2) is 15.7 Å². The number of para-hydroxylation sites is 1. The minimum Gasteiger partial charge on any atom is -0.489 e. The number of hydrogen-bond donors (Lipinski definition) is 1. The normalized spacial score (nSPS) is 11.4. The molecule has 110 valence electrons. The van der Waals surface area contributed by atoms with Crippen LogP contribution in [0.5, 0.6) is 5.75 Å². The molecule has 0 spiro atoms. The number of imidazole rings is 1. The van der Waals surface area contributed by atoms with Crippen LogP contribution in [0.3, 0.4) is 0 Å². The summed E-state index contributed by atoms with van der Waals surface area (Å²) in [6.07, 6.45) is 0.119. The molecule has 0 atom stereocenters. The maximum atomic E-state index is 5.84. The predicted octanol–water partition coefficient (Wildman–Crippen LogP) is 4.44. The molecule has 3 aromatic rings. The van der Waals surface area contributed by atoms with Crippen LogP contribution in [0, 0.1) is 11.7 Å². The molecule has 0 amide bonds. The summed E-state index contributed by atoms with van der Waals surface area (Å²) in [6, 6.07) is 9.90. The molecular formula is C16H18N2O2S. The Morgan fingerprint density at radius 2 is 2.10 bits per heavy atom. The van der Waals surface area contributed by atoms with Gasteiger partial charge in [0.05, 0.1) is 18.2 Å². The minimum absolute atomic E-state index is 0.119. The maximum Gasteiger partial charge on any atom is 0.178 e. The smallest absolute Gasteiger partial charge is 0.178 e. The Hall–Kier alpha value is -2.01. The molecule has 0 aliphatic carbocycles. The van der Waals surface area contributed by atoms with Gasteiger partial charge in [0.15, 0.2) is 4.77 Å².